The Morgan fingerprint density at radius 1 is 1.37 bits per heavy atom. The number of hydrogen-bond acceptors (Lipinski definition) is 3. The highest BCUT2D eigenvalue weighted by molar-refractivity contribution is 6.30. The molecule has 0 aliphatic rings. The molecule has 0 aliphatic carbocycles. The van der Waals surface area contributed by atoms with Crippen molar-refractivity contribution in [3.05, 3.63) is 29.3 Å². The van der Waals surface area contributed by atoms with Crippen molar-refractivity contribution in [2.45, 2.75) is 26.3 Å². The van der Waals surface area contributed by atoms with Crippen molar-refractivity contribution in [3.63, 3.8) is 0 Å². The first-order chi connectivity index (χ1) is 9.11. The third-order valence-electron chi connectivity index (χ3n) is 2.57. The maximum atomic E-state index is 11.6. The lowest BCUT2D eigenvalue weighted by Crippen LogP contribution is -2.39. The Morgan fingerprint density at radius 2 is 2.05 bits per heavy atom. The summed E-state index contributed by atoms with van der Waals surface area (Å²) in [7, 11) is 0. The second-order valence-electron chi connectivity index (χ2n) is 4.32. The van der Waals surface area contributed by atoms with Crippen LogP contribution in [0.15, 0.2) is 24.3 Å². The van der Waals surface area contributed by atoms with Gasteiger partial charge in [-0.3, -0.25) is 4.79 Å². The molecule has 1 atom stereocenters. The lowest BCUT2D eigenvalue weighted by Gasteiger charge is -2.13. The number of carbonyl (C=O) groups excluding carboxylic acids is 1. The van der Waals surface area contributed by atoms with Crippen molar-refractivity contribution in [1.29, 1.82) is 0 Å². The van der Waals surface area contributed by atoms with E-state index in [2.05, 4.69) is 10.6 Å². The van der Waals surface area contributed by atoms with E-state index in [1.165, 1.54) is 0 Å². The summed E-state index contributed by atoms with van der Waals surface area (Å²) >= 11 is 5.77. The molecule has 4 nitrogen and oxygen atoms in total. The van der Waals surface area contributed by atoms with Gasteiger partial charge in [0.15, 0.2) is 0 Å². The van der Waals surface area contributed by atoms with Crippen LogP contribution < -0.4 is 15.4 Å². The molecule has 0 bridgehead atoms. The van der Waals surface area contributed by atoms with Crippen LogP contribution in [0, 0.1) is 0 Å². The van der Waals surface area contributed by atoms with E-state index in [-0.39, 0.29) is 11.9 Å². The van der Waals surface area contributed by atoms with Crippen molar-refractivity contribution in [3.8, 4) is 5.75 Å². The van der Waals surface area contributed by atoms with Crippen LogP contribution in [0.4, 0.5) is 0 Å². The number of rotatable bonds is 8. The predicted molar refractivity (Wildman–Crippen MR) is 77.7 cm³/mol. The minimum absolute atomic E-state index is 0.00119. The molecule has 1 rings (SSSR count). The molecule has 0 saturated carbocycles. The second-order valence-corrected chi connectivity index (χ2v) is 4.75. The zero-order valence-corrected chi connectivity index (χ0v) is 12.2. The molecule has 0 radical (unpaired) electrons. The number of amides is 1. The van der Waals surface area contributed by atoms with Crippen molar-refractivity contribution < 1.29 is 9.53 Å². The van der Waals surface area contributed by atoms with Gasteiger partial charge in [0.25, 0.3) is 0 Å². The lowest BCUT2D eigenvalue weighted by atomic mass is 10.3. The smallest absolute Gasteiger partial charge is 0.223 e. The van der Waals surface area contributed by atoms with Gasteiger partial charge in [0, 0.05) is 17.6 Å². The Hall–Kier alpha value is -1.26. The Morgan fingerprint density at radius 3 is 2.68 bits per heavy atom. The highest BCUT2D eigenvalue weighted by atomic mass is 35.5. The Bertz CT molecular complexity index is 382. The van der Waals surface area contributed by atoms with Crippen molar-refractivity contribution in [2.75, 3.05) is 19.7 Å². The highest BCUT2D eigenvalue weighted by Gasteiger charge is 2.04. The maximum Gasteiger partial charge on any atom is 0.223 e. The van der Waals surface area contributed by atoms with E-state index in [1.807, 2.05) is 13.8 Å². The molecule has 0 fully saturated rings. The van der Waals surface area contributed by atoms with E-state index >= 15 is 0 Å². The molecule has 0 unspecified atom stereocenters. The summed E-state index contributed by atoms with van der Waals surface area (Å²) in [6.07, 6.45) is 0.349. The van der Waals surface area contributed by atoms with Crippen molar-refractivity contribution >= 4 is 17.5 Å². The number of halogens is 1. The molecule has 5 heteroatoms. The quantitative estimate of drug-likeness (QED) is 0.770. The van der Waals surface area contributed by atoms with Crippen LogP contribution in [0.3, 0.4) is 0 Å². The summed E-state index contributed by atoms with van der Waals surface area (Å²) in [5, 5.41) is 6.76. The van der Waals surface area contributed by atoms with Crippen LogP contribution >= 0.6 is 11.6 Å². The fourth-order valence-corrected chi connectivity index (χ4v) is 1.69. The number of benzene rings is 1. The fraction of sp³-hybridized carbons (Fsp3) is 0.500. The average molecular weight is 285 g/mol. The largest absolute Gasteiger partial charge is 0.493 e. The molecule has 19 heavy (non-hydrogen) atoms. The monoisotopic (exact) mass is 284 g/mol. The molecular formula is C14H21ClN2O2. The maximum absolute atomic E-state index is 11.6. The van der Waals surface area contributed by atoms with E-state index in [9.17, 15) is 4.79 Å². The van der Waals surface area contributed by atoms with E-state index in [0.29, 0.717) is 24.6 Å². The molecule has 1 aromatic carbocycles. The summed E-state index contributed by atoms with van der Waals surface area (Å²) in [6, 6.07) is 7.37. The molecule has 106 valence electrons. The molecule has 1 aromatic rings. The third kappa shape index (κ3) is 7.03. The topological polar surface area (TPSA) is 50.4 Å². The van der Waals surface area contributed by atoms with Gasteiger partial charge >= 0.3 is 0 Å². The fourth-order valence-electron chi connectivity index (χ4n) is 1.57. The Kier molecular flexibility index (Phi) is 7.30. The van der Waals surface area contributed by atoms with Crippen LogP contribution in [0.5, 0.6) is 5.75 Å². The molecule has 0 heterocycles. The van der Waals surface area contributed by atoms with Gasteiger partial charge in [-0.15, -0.1) is 0 Å². The van der Waals surface area contributed by atoms with Gasteiger partial charge < -0.3 is 15.4 Å². The van der Waals surface area contributed by atoms with E-state index in [0.717, 1.165) is 12.3 Å². The first-order valence-corrected chi connectivity index (χ1v) is 6.88. The average Bonchev–Trinajstić information content (AvgIpc) is 2.39. The van der Waals surface area contributed by atoms with Crippen molar-refractivity contribution in [2.24, 2.45) is 0 Å². The van der Waals surface area contributed by atoms with Gasteiger partial charge in [0.05, 0.1) is 13.0 Å². The summed E-state index contributed by atoms with van der Waals surface area (Å²) in [5.41, 5.74) is 0. The second kappa shape index (κ2) is 8.77. The minimum Gasteiger partial charge on any atom is -0.493 e. The number of carbonyl (C=O) groups is 1. The normalized spacial score (nSPS) is 11.9. The number of likely N-dealkylation sites (N-methyl/N-ethyl adjacent to an activating group) is 1. The zero-order chi connectivity index (χ0) is 14.1. The lowest BCUT2D eigenvalue weighted by molar-refractivity contribution is -0.121. The highest BCUT2D eigenvalue weighted by Crippen LogP contribution is 2.15. The first kappa shape index (κ1) is 15.8. The standard InChI is InChI=1S/C14H21ClN2O2/c1-3-16-11(2)10-17-14(18)8-9-19-13-6-4-12(15)5-7-13/h4-7,11,16H,3,8-10H2,1-2H3,(H,17,18)/t11-/m1/s1. The van der Waals surface area contributed by atoms with Crippen LogP contribution in [0.1, 0.15) is 20.3 Å². The van der Waals surface area contributed by atoms with Gasteiger partial charge in [-0.2, -0.15) is 0 Å². The molecule has 0 aliphatic heterocycles. The van der Waals surface area contributed by atoms with Crippen LogP contribution in [0.2, 0.25) is 5.02 Å². The van der Waals surface area contributed by atoms with Crippen LogP contribution in [0.25, 0.3) is 0 Å². The molecule has 0 saturated heterocycles. The Balaban J connectivity index is 2.15. The summed E-state index contributed by atoms with van der Waals surface area (Å²) < 4.78 is 5.45. The number of hydrogen-bond donors (Lipinski definition) is 2. The Labute approximate surface area is 119 Å². The third-order valence-corrected chi connectivity index (χ3v) is 2.82. The van der Waals surface area contributed by atoms with E-state index in [4.69, 9.17) is 16.3 Å². The SMILES string of the molecule is CCN[C@H](C)CNC(=O)CCOc1ccc(Cl)cc1. The van der Waals surface area contributed by atoms with Crippen molar-refractivity contribution in [1.82, 2.24) is 10.6 Å². The summed E-state index contributed by atoms with van der Waals surface area (Å²) in [5.74, 6) is 0.719. The van der Waals surface area contributed by atoms with E-state index < -0.39 is 0 Å². The van der Waals surface area contributed by atoms with Gasteiger partial charge in [-0.05, 0) is 37.7 Å². The predicted octanol–water partition coefficient (Wildman–Crippen LogP) is 2.22. The van der Waals surface area contributed by atoms with Crippen LogP contribution in [-0.4, -0.2) is 31.6 Å². The minimum atomic E-state index is -0.00119. The van der Waals surface area contributed by atoms with Gasteiger partial charge in [-0.25, -0.2) is 0 Å². The molecule has 1 amide bonds. The first-order valence-electron chi connectivity index (χ1n) is 6.50. The molecule has 0 aromatic heterocycles. The van der Waals surface area contributed by atoms with E-state index in [1.54, 1.807) is 24.3 Å². The number of nitrogens with one attached hydrogen (secondary N) is 2. The molecule has 2 N–H and O–H groups in total. The van der Waals surface area contributed by atoms with Gasteiger partial charge in [-0.1, -0.05) is 18.5 Å². The zero-order valence-electron chi connectivity index (χ0n) is 11.4. The summed E-state index contributed by atoms with van der Waals surface area (Å²) in [6.45, 7) is 5.97. The van der Waals surface area contributed by atoms with Gasteiger partial charge in [0.1, 0.15) is 5.75 Å². The number of ether oxygens (including phenoxy) is 1. The molecular weight excluding hydrogens is 264 g/mol. The van der Waals surface area contributed by atoms with Crippen LogP contribution in [-0.2, 0) is 4.79 Å². The summed E-state index contributed by atoms with van der Waals surface area (Å²) in [4.78, 5) is 11.6. The molecule has 0 spiro atoms. The van der Waals surface area contributed by atoms with Gasteiger partial charge in [0.2, 0.25) is 5.91 Å².